The first kappa shape index (κ1) is 14.2. The third-order valence-corrected chi connectivity index (χ3v) is 2.08. The van der Waals surface area contributed by atoms with Crippen molar-refractivity contribution in [3.05, 3.63) is 29.3 Å². The fraction of sp³-hybridized carbons (Fsp3) is 0.300. The van der Waals surface area contributed by atoms with E-state index >= 15 is 0 Å². The standard InChI is InChI=1S/C10H9F4NO3/c11-7-5(9(17)18)1-2-6(8(7)12)15-3-10(13,14)4-16/h1-2,15-16H,3-4H2,(H,17,18). The molecule has 0 spiro atoms. The van der Waals surface area contributed by atoms with Crippen LogP contribution in [-0.4, -0.2) is 35.3 Å². The summed E-state index contributed by atoms with van der Waals surface area (Å²) in [5.74, 6) is -8.36. The predicted octanol–water partition coefficient (Wildman–Crippen LogP) is 1.70. The second-order valence-electron chi connectivity index (χ2n) is 3.46. The van der Waals surface area contributed by atoms with Crippen molar-refractivity contribution in [2.24, 2.45) is 0 Å². The van der Waals surface area contributed by atoms with E-state index in [4.69, 9.17) is 10.2 Å². The van der Waals surface area contributed by atoms with E-state index in [1.54, 1.807) is 0 Å². The summed E-state index contributed by atoms with van der Waals surface area (Å²) in [5, 5.41) is 18.7. The maximum Gasteiger partial charge on any atom is 0.338 e. The molecule has 3 N–H and O–H groups in total. The number of nitrogens with one attached hydrogen (secondary N) is 1. The fourth-order valence-electron chi connectivity index (χ4n) is 1.13. The molecular weight excluding hydrogens is 258 g/mol. The van der Waals surface area contributed by atoms with Crippen LogP contribution in [0.4, 0.5) is 23.2 Å². The summed E-state index contributed by atoms with van der Waals surface area (Å²) in [6.45, 7) is -2.55. The van der Waals surface area contributed by atoms with E-state index in [1.165, 1.54) is 0 Å². The lowest BCUT2D eigenvalue weighted by molar-refractivity contribution is -0.0373. The lowest BCUT2D eigenvalue weighted by atomic mass is 10.1. The Balaban J connectivity index is 2.93. The number of hydrogen-bond acceptors (Lipinski definition) is 3. The van der Waals surface area contributed by atoms with Gasteiger partial charge in [-0.15, -0.1) is 0 Å². The first-order valence-corrected chi connectivity index (χ1v) is 4.72. The molecule has 1 aromatic rings. The number of carboxylic acid groups (broad SMARTS) is 1. The molecule has 1 aromatic carbocycles. The molecule has 0 aromatic heterocycles. The minimum absolute atomic E-state index is 0.606. The van der Waals surface area contributed by atoms with Crippen LogP contribution in [0.1, 0.15) is 10.4 Å². The van der Waals surface area contributed by atoms with Crippen LogP contribution in [0.3, 0.4) is 0 Å². The van der Waals surface area contributed by atoms with Crippen LogP contribution in [0.25, 0.3) is 0 Å². The fourth-order valence-corrected chi connectivity index (χ4v) is 1.13. The highest BCUT2D eigenvalue weighted by Gasteiger charge is 2.28. The SMILES string of the molecule is O=C(O)c1ccc(NCC(F)(F)CO)c(F)c1F. The zero-order chi connectivity index (χ0) is 13.9. The molecule has 0 aliphatic heterocycles. The van der Waals surface area contributed by atoms with Gasteiger partial charge in [-0.1, -0.05) is 0 Å². The molecular formula is C10H9F4NO3. The van der Waals surface area contributed by atoms with Crippen molar-refractivity contribution < 1.29 is 32.6 Å². The van der Waals surface area contributed by atoms with E-state index in [0.717, 1.165) is 12.1 Å². The van der Waals surface area contributed by atoms with Gasteiger partial charge in [0.15, 0.2) is 11.6 Å². The molecule has 100 valence electrons. The van der Waals surface area contributed by atoms with Crippen LogP contribution in [-0.2, 0) is 0 Å². The summed E-state index contributed by atoms with van der Waals surface area (Å²) >= 11 is 0. The molecule has 1 rings (SSSR count). The van der Waals surface area contributed by atoms with E-state index in [9.17, 15) is 22.4 Å². The summed E-state index contributed by atoms with van der Waals surface area (Å²) in [4.78, 5) is 10.5. The van der Waals surface area contributed by atoms with Crippen LogP contribution < -0.4 is 5.32 Å². The van der Waals surface area contributed by atoms with Gasteiger partial charge in [0.05, 0.1) is 17.8 Å². The Hall–Kier alpha value is -1.83. The third kappa shape index (κ3) is 3.10. The average Bonchev–Trinajstić information content (AvgIpc) is 2.30. The van der Waals surface area contributed by atoms with E-state index < -0.39 is 47.9 Å². The lowest BCUT2D eigenvalue weighted by Gasteiger charge is -2.15. The lowest BCUT2D eigenvalue weighted by Crippen LogP contribution is -2.31. The van der Waals surface area contributed by atoms with E-state index in [1.807, 2.05) is 5.32 Å². The molecule has 0 unspecified atom stereocenters. The minimum atomic E-state index is -3.49. The molecule has 0 radical (unpaired) electrons. The molecule has 8 heteroatoms. The smallest absolute Gasteiger partial charge is 0.338 e. The zero-order valence-corrected chi connectivity index (χ0v) is 8.88. The van der Waals surface area contributed by atoms with Crippen molar-refractivity contribution in [3.63, 3.8) is 0 Å². The van der Waals surface area contributed by atoms with Gasteiger partial charge in [0.1, 0.15) is 6.61 Å². The van der Waals surface area contributed by atoms with Crippen LogP contribution in [0, 0.1) is 11.6 Å². The number of aliphatic hydroxyl groups excluding tert-OH is 1. The minimum Gasteiger partial charge on any atom is -0.478 e. The van der Waals surface area contributed by atoms with Crippen molar-refractivity contribution in [2.75, 3.05) is 18.5 Å². The second kappa shape index (κ2) is 5.21. The predicted molar refractivity (Wildman–Crippen MR) is 53.8 cm³/mol. The molecule has 0 aliphatic rings. The Bertz CT molecular complexity index is 465. The number of hydrogen-bond donors (Lipinski definition) is 3. The summed E-state index contributed by atoms with van der Waals surface area (Å²) in [6.07, 6.45) is 0. The number of anilines is 1. The van der Waals surface area contributed by atoms with Gasteiger partial charge in [-0.3, -0.25) is 0 Å². The Morgan fingerprint density at radius 2 is 1.89 bits per heavy atom. The molecule has 0 fully saturated rings. The molecule has 0 bridgehead atoms. The van der Waals surface area contributed by atoms with Crippen molar-refractivity contribution >= 4 is 11.7 Å². The van der Waals surface area contributed by atoms with Gasteiger partial charge in [-0.25, -0.2) is 22.4 Å². The Labute approximate surface area is 98.9 Å². The van der Waals surface area contributed by atoms with Crippen LogP contribution >= 0.6 is 0 Å². The Kier molecular flexibility index (Phi) is 4.12. The highest BCUT2D eigenvalue weighted by atomic mass is 19.3. The van der Waals surface area contributed by atoms with Gasteiger partial charge >= 0.3 is 5.97 Å². The quantitative estimate of drug-likeness (QED) is 0.710. The maximum absolute atomic E-state index is 13.3. The molecule has 0 amide bonds. The summed E-state index contributed by atoms with van der Waals surface area (Å²) in [6, 6.07) is 1.58. The van der Waals surface area contributed by atoms with Crippen LogP contribution in [0.2, 0.25) is 0 Å². The highest BCUT2D eigenvalue weighted by molar-refractivity contribution is 5.88. The maximum atomic E-state index is 13.3. The highest BCUT2D eigenvalue weighted by Crippen LogP contribution is 2.22. The normalized spacial score (nSPS) is 11.4. The van der Waals surface area contributed by atoms with Gasteiger partial charge < -0.3 is 15.5 Å². The first-order valence-electron chi connectivity index (χ1n) is 4.72. The van der Waals surface area contributed by atoms with Gasteiger partial charge in [0.2, 0.25) is 0 Å². The largest absolute Gasteiger partial charge is 0.478 e. The Morgan fingerprint density at radius 1 is 1.28 bits per heavy atom. The molecule has 0 atom stereocenters. The monoisotopic (exact) mass is 267 g/mol. The molecule has 0 aliphatic carbocycles. The van der Waals surface area contributed by atoms with E-state index in [2.05, 4.69) is 0 Å². The summed E-state index contributed by atoms with van der Waals surface area (Å²) in [5.41, 5.74) is -1.50. The van der Waals surface area contributed by atoms with Gasteiger partial charge in [0, 0.05) is 0 Å². The Morgan fingerprint density at radius 3 is 2.39 bits per heavy atom. The number of halogens is 4. The van der Waals surface area contributed by atoms with Gasteiger partial charge in [-0.05, 0) is 12.1 Å². The molecule has 4 nitrogen and oxygen atoms in total. The number of benzene rings is 1. The van der Waals surface area contributed by atoms with Crippen molar-refractivity contribution in [1.82, 2.24) is 0 Å². The second-order valence-corrected chi connectivity index (χ2v) is 3.46. The van der Waals surface area contributed by atoms with E-state index in [0.29, 0.717) is 0 Å². The number of rotatable bonds is 5. The number of alkyl halides is 2. The number of aliphatic hydroxyl groups is 1. The van der Waals surface area contributed by atoms with Crippen LogP contribution in [0.15, 0.2) is 12.1 Å². The van der Waals surface area contributed by atoms with Gasteiger partial charge in [-0.2, -0.15) is 0 Å². The van der Waals surface area contributed by atoms with E-state index in [-0.39, 0.29) is 0 Å². The molecule has 18 heavy (non-hydrogen) atoms. The van der Waals surface area contributed by atoms with Gasteiger partial charge in [0.25, 0.3) is 5.92 Å². The van der Waals surface area contributed by atoms with Crippen LogP contribution in [0.5, 0.6) is 0 Å². The average molecular weight is 267 g/mol. The summed E-state index contributed by atoms with van der Waals surface area (Å²) < 4.78 is 51.8. The molecule has 0 heterocycles. The number of carbonyl (C=O) groups is 1. The van der Waals surface area contributed by atoms with Crippen molar-refractivity contribution in [2.45, 2.75) is 5.92 Å². The zero-order valence-electron chi connectivity index (χ0n) is 8.88. The molecule has 0 saturated carbocycles. The van der Waals surface area contributed by atoms with Crippen molar-refractivity contribution in [1.29, 1.82) is 0 Å². The number of aromatic carboxylic acids is 1. The first-order chi connectivity index (χ1) is 8.28. The summed E-state index contributed by atoms with van der Waals surface area (Å²) in [7, 11) is 0. The molecule has 0 saturated heterocycles. The third-order valence-electron chi connectivity index (χ3n) is 2.08. The topological polar surface area (TPSA) is 69.6 Å². The van der Waals surface area contributed by atoms with Crippen molar-refractivity contribution in [3.8, 4) is 0 Å². The number of carboxylic acids is 1.